The van der Waals surface area contributed by atoms with Crippen LogP contribution in [0.25, 0.3) is 0 Å². The smallest absolute Gasteiger partial charge is 0.326 e. The second-order valence-corrected chi connectivity index (χ2v) is 10.2. The van der Waals surface area contributed by atoms with Gasteiger partial charge in [0.2, 0.25) is 11.8 Å². The number of hydrogen-bond acceptors (Lipinski definition) is 8. The molecule has 3 heterocycles. The van der Waals surface area contributed by atoms with Crippen LogP contribution in [0.5, 0.6) is 0 Å². The molecule has 4 rings (SSSR count). The topological polar surface area (TPSA) is 180 Å². The summed E-state index contributed by atoms with van der Waals surface area (Å²) >= 11 is 1.28. The number of aryl methyl sites for hydroxylation is 4. The van der Waals surface area contributed by atoms with Gasteiger partial charge in [0, 0.05) is 61.4 Å². The second kappa shape index (κ2) is 12.8. The van der Waals surface area contributed by atoms with Crippen LogP contribution in [0.1, 0.15) is 29.5 Å². The molecule has 0 radical (unpaired) electrons. The van der Waals surface area contributed by atoms with E-state index in [-0.39, 0.29) is 37.7 Å². The monoisotopic (exact) mass is 577 g/mol. The van der Waals surface area contributed by atoms with Crippen LogP contribution in [0.4, 0.5) is 15.7 Å². The molecule has 0 aliphatic carbocycles. The largest absolute Gasteiger partial charge is 0.328 e. The zero-order chi connectivity index (χ0) is 29.5. The van der Waals surface area contributed by atoms with E-state index in [0.717, 1.165) is 5.56 Å². The minimum Gasteiger partial charge on any atom is -0.326 e. The van der Waals surface area contributed by atoms with Gasteiger partial charge in [-0.05, 0) is 43.7 Å². The Morgan fingerprint density at radius 2 is 1.34 bits per heavy atom. The number of nitrogens with zero attached hydrogens (tertiary/aromatic N) is 3. The molecule has 13 nitrogen and oxygen atoms in total. The lowest BCUT2D eigenvalue weighted by molar-refractivity contribution is -0.117. The summed E-state index contributed by atoms with van der Waals surface area (Å²) in [6.45, 7) is 3.43. The van der Waals surface area contributed by atoms with Crippen LogP contribution in [0.15, 0.2) is 73.0 Å². The Hall–Kier alpha value is -5.11. The summed E-state index contributed by atoms with van der Waals surface area (Å²) < 4.78 is 2.57. The van der Waals surface area contributed by atoms with Crippen LogP contribution in [0.3, 0.4) is 0 Å². The number of rotatable bonds is 10. The highest BCUT2D eigenvalue weighted by Gasteiger charge is 2.08. The van der Waals surface area contributed by atoms with Crippen molar-refractivity contribution in [2.75, 3.05) is 10.6 Å². The first-order valence-electron chi connectivity index (χ1n) is 12.5. The van der Waals surface area contributed by atoms with Gasteiger partial charge in [-0.25, -0.2) is 14.6 Å². The number of nitrogens with one attached hydrogen (secondary N) is 4. The van der Waals surface area contributed by atoms with Gasteiger partial charge in [0.15, 0.2) is 0 Å². The van der Waals surface area contributed by atoms with Crippen LogP contribution in [0, 0.1) is 13.8 Å². The fourth-order valence-electron chi connectivity index (χ4n) is 3.69. The molecule has 212 valence electrons. The molecule has 0 saturated carbocycles. The van der Waals surface area contributed by atoms with Gasteiger partial charge in [-0.1, -0.05) is 23.5 Å². The molecule has 2 amide bonds. The fourth-order valence-corrected chi connectivity index (χ4v) is 4.46. The van der Waals surface area contributed by atoms with Gasteiger partial charge in [0.05, 0.1) is 5.00 Å². The second-order valence-electron chi connectivity index (χ2n) is 9.14. The minimum absolute atomic E-state index is 0.0517. The van der Waals surface area contributed by atoms with Crippen molar-refractivity contribution >= 4 is 45.1 Å². The van der Waals surface area contributed by atoms with Gasteiger partial charge in [0.1, 0.15) is 5.00 Å². The number of aliphatic imine (C=N–C) groups is 1. The third-order valence-electron chi connectivity index (χ3n) is 5.93. The molecule has 4 aromatic rings. The van der Waals surface area contributed by atoms with E-state index in [1.807, 2.05) is 0 Å². The number of amides is 2. The summed E-state index contributed by atoms with van der Waals surface area (Å²) in [5.41, 5.74) is 0.126. The average Bonchev–Trinajstić information content (AvgIpc) is 3.38. The predicted octanol–water partition coefficient (Wildman–Crippen LogP) is 1.87. The number of aromatic amines is 2. The highest BCUT2D eigenvalue weighted by molar-refractivity contribution is 7.19. The number of H-pyrrole nitrogens is 2. The van der Waals surface area contributed by atoms with Gasteiger partial charge in [-0.15, -0.1) is 0 Å². The standard InChI is InChI=1S/C27H27N7O6S/c1-16-14-33(26(39)31-24(16)37)11-9-20(35)29-19-5-3-18(4-6-19)13-28-22-7-8-23(41-22)30-21(36)10-12-34-15-17(2)25(38)32-27(34)40/h3-8,13-15H,9-12H2,1-2H3,(H,29,35)(H,30,36)(H,31,37,39)(H,32,38,40)/b28-13+. The third-order valence-corrected chi connectivity index (χ3v) is 6.84. The molecule has 1 aromatic carbocycles. The average molecular weight is 578 g/mol. The Morgan fingerprint density at radius 3 is 1.90 bits per heavy atom. The summed E-state index contributed by atoms with van der Waals surface area (Å²) in [6, 6.07) is 10.5. The Bertz CT molecular complexity index is 1840. The van der Waals surface area contributed by atoms with E-state index in [4.69, 9.17) is 0 Å². The summed E-state index contributed by atoms with van der Waals surface area (Å²) in [5, 5.41) is 6.81. The van der Waals surface area contributed by atoms with E-state index >= 15 is 0 Å². The van der Waals surface area contributed by atoms with Crippen molar-refractivity contribution in [1.29, 1.82) is 0 Å². The molecule has 14 heteroatoms. The molecule has 0 saturated heterocycles. The molecule has 0 fully saturated rings. The molecule has 0 aliphatic rings. The number of aromatic nitrogens is 4. The lowest BCUT2D eigenvalue weighted by Gasteiger charge is -2.07. The van der Waals surface area contributed by atoms with Crippen molar-refractivity contribution in [3.63, 3.8) is 0 Å². The maximum atomic E-state index is 12.3. The van der Waals surface area contributed by atoms with Crippen molar-refractivity contribution in [3.8, 4) is 0 Å². The SMILES string of the molecule is Cc1cn(CCC(=O)Nc2ccc(/C=N/c3ccc(NC(=O)CCn4cc(C)c(=O)[nH]c4=O)s3)cc2)c(=O)[nH]c1=O. The molecule has 0 unspecified atom stereocenters. The van der Waals surface area contributed by atoms with Gasteiger partial charge >= 0.3 is 11.4 Å². The first kappa shape index (κ1) is 28.9. The molecule has 0 aliphatic heterocycles. The van der Waals surface area contributed by atoms with E-state index in [2.05, 4.69) is 25.6 Å². The predicted molar refractivity (Wildman–Crippen MR) is 157 cm³/mol. The Morgan fingerprint density at radius 1 is 0.805 bits per heavy atom. The van der Waals surface area contributed by atoms with E-state index < -0.39 is 22.5 Å². The van der Waals surface area contributed by atoms with Crippen molar-refractivity contribution in [3.05, 3.63) is 107 Å². The first-order valence-corrected chi connectivity index (χ1v) is 13.3. The Balaban J connectivity index is 1.25. The van der Waals surface area contributed by atoms with Gasteiger partial charge in [-0.3, -0.25) is 38.3 Å². The van der Waals surface area contributed by atoms with Crippen LogP contribution in [-0.4, -0.2) is 37.1 Å². The Kier molecular flexibility index (Phi) is 9.04. The van der Waals surface area contributed by atoms with Crippen molar-refractivity contribution in [1.82, 2.24) is 19.1 Å². The van der Waals surface area contributed by atoms with Crippen molar-refractivity contribution in [2.24, 2.45) is 4.99 Å². The zero-order valence-electron chi connectivity index (χ0n) is 22.2. The molecular formula is C27H27N7O6S. The van der Waals surface area contributed by atoms with E-state index in [0.29, 0.717) is 26.8 Å². The molecule has 3 aromatic heterocycles. The lowest BCUT2D eigenvalue weighted by atomic mass is 10.2. The quantitative estimate of drug-likeness (QED) is 0.209. The van der Waals surface area contributed by atoms with Crippen LogP contribution >= 0.6 is 11.3 Å². The molecule has 0 atom stereocenters. The highest BCUT2D eigenvalue weighted by Crippen LogP contribution is 2.29. The van der Waals surface area contributed by atoms with Gasteiger partial charge < -0.3 is 10.6 Å². The Labute approximate surface area is 236 Å². The number of carbonyl (C=O) groups is 2. The summed E-state index contributed by atoms with van der Waals surface area (Å²) in [5.74, 6) is -0.562. The fraction of sp³-hybridized carbons (Fsp3) is 0.222. The van der Waals surface area contributed by atoms with Crippen LogP contribution < -0.4 is 33.1 Å². The summed E-state index contributed by atoms with van der Waals surface area (Å²) in [7, 11) is 0. The summed E-state index contributed by atoms with van der Waals surface area (Å²) in [6.07, 6.45) is 4.61. The molecule has 41 heavy (non-hydrogen) atoms. The number of hydrogen-bond donors (Lipinski definition) is 4. The maximum Gasteiger partial charge on any atom is 0.328 e. The molecular weight excluding hydrogens is 550 g/mol. The normalized spacial score (nSPS) is 11.1. The minimum atomic E-state index is -0.563. The number of thiophene rings is 1. The number of anilines is 2. The van der Waals surface area contributed by atoms with Crippen molar-refractivity contribution < 1.29 is 9.59 Å². The molecule has 0 bridgehead atoms. The zero-order valence-corrected chi connectivity index (χ0v) is 23.0. The third kappa shape index (κ3) is 7.95. The van der Waals surface area contributed by atoms with Crippen LogP contribution in [-0.2, 0) is 22.7 Å². The molecule has 0 spiro atoms. The highest BCUT2D eigenvalue weighted by atomic mass is 32.1. The first-order chi connectivity index (χ1) is 19.6. The maximum absolute atomic E-state index is 12.3. The van der Waals surface area contributed by atoms with Gasteiger partial charge in [-0.2, -0.15) is 0 Å². The van der Waals surface area contributed by atoms with E-state index in [1.165, 1.54) is 32.9 Å². The number of carbonyl (C=O) groups excluding carboxylic acids is 2. The molecule has 4 N–H and O–H groups in total. The lowest BCUT2D eigenvalue weighted by Crippen LogP contribution is -2.31. The summed E-state index contributed by atoms with van der Waals surface area (Å²) in [4.78, 5) is 80.1. The van der Waals surface area contributed by atoms with Crippen molar-refractivity contribution in [2.45, 2.75) is 39.8 Å². The van der Waals surface area contributed by atoms with E-state index in [9.17, 15) is 28.8 Å². The van der Waals surface area contributed by atoms with E-state index in [1.54, 1.807) is 56.5 Å². The van der Waals surface area contributed by atoms with Gasteiger partial charge in [0.25, 0.3) is 11.1 Å². The number of benzene rings is 1. The van der Waals surface area contributed by atoms with Crippen LogP contribution in [0.2, 0.25) is 0 Å².